The van der Waals surface area contributed by atoms with Gasteiger partial charge in [0.05, 0.1) is 0 Å². The van der Waals surface area contributed by atoms with Gasteiger partial charge in [0.1, 0.15) is 11.0 Å². The zero-order chi connectivity index (χ0) is 20.3. The summed E-state index contributed by atoms with van der Waals surface area (Å²) in [7, 11) is 0. The minimum absolute atomic E-state index is 0.0356. The third-order valence-electron chi connectivity index (χ3n) is 3.80. The molecule has 0 spiro atoms. The van der Waals surface area contributed by atoms with Gasteiger partial charge in [0.25, 0.3) is 11.5 Å². The maximum absolute atomic E-state index is 13.1. The third kappa shape index (κ3) is 4.77. The summed E-state index contributed by atoms with van der Waals surface area (Å²) in [6.45, 7) is 8.23. The predicted octanol–water partition coefficient (Wildman–Crippen LogP) is 2.13. The number of H-pyrrole nitrogens is 1. The van der Waals surface area contributed by atoms with E-state index >= 15 is 0 Å². The van der Waals surface area contributed by atoms with Crippen LogP contribution >= 0.6 is 11.6 Å². The second-order valence-electron chi connectivity index (χ2n) is 7.17. The lowest BCUT2D eigenvalue weighted by Crippen LogP contribution is -2.43. The SMILES string of the molecule is CC(C)CN(C(=O)c1ccnc(Cl)c1)c1c(N)n(CC(C)C)c(=O)[nH]c1=O. The number of amides is 1. The van der Waals surface area contributed by atoms with E-state index in [2.05, 4.69) is 9.97 Å². The van der Waals surface area contributed by atoms with Crippen molar-refractivity contribution in [2.45, 2.75) is 34.2 Å². The highest BCUT2D eigenvalue weighted by molar-refractivity contribution is 6.29. The van der Waals surface area contributed by atoms with E-state index in [1.54, 1.807) is 0 Å². The Balaban J connectivity index is 2.65. The molecule has 3 N–H and O–H groups in total. The number of nitrogen functional groups attached to an aromatic ring is 1. The molecule has 0 unspecified atom stereocenters. The number of hydrogen-bond acceptors (Lipinski definition) is 5. The van der Waals surface area contributed by atoms with Gasteiger partial charge in [-0.25, -0.2) is 9.78 Å². The Bertz CT molecular complexity index is 949. The number of anilines is 2. The Kier molecular flexibility index (Phi) is 6.43. The summed E-state index contributed by atoms with van der Waals surface area (Å²) >= 11 is 5.89. The van der Waals surface area contributed by atoms with E-state index in [4.69, 9.17) is 17.3 Å². The van der Waals surface area contributed by atoms with Gasteiger partial charge in [0.15, 0.2) is 5.69 Å². The molecule has 0 bridgehead atoms. The van der Waals surface area contributed by atoms with Gasteiger partial charge in [-0.1, -0.05) is 39.3 Å². The van der Waals surface area contributed by atoms with Crippen LogP contribution in [0.25, 0.3) is 0 Å². The van der Waals surface area contributed by atoms with Crippen molar-refractivity contribution >= 4 is 29.0 Å². The number of nitrogens with two attached hydrogens (primary N) is 1. The van der Waals surface area contributed by atoms with Crippen LogP contribution in [0.5, 0.6) is 0 Å². The molecule has 2 aromatic rings. The minimum Gasteiger partial charge on any atom is -0.383 e. The molecule has 0 fully saturated rings. The van der Waals surface area contributed by atoms with Crippen molar-refractivity contribution in [1.29, 1.82) is 0 Å². The molecule has 0 atom stereocenters. The average Bonchev–Trinajstić information content (AvgIpc) is 2.56. The Morgan fingerprint density at radius 3 is 2.52 bits per heavy atom. The topological polar surface area (TPSA) is 114 Å². The van der Waals surface area contributed by atoms with E-state index < -0.39 is 17.2 Å². The summed E-state index contributed by atoms with van der Waals surface area (Å²) < 4.78 is 1.28. The van der Waals surface area contributed by atoms with E-state index in [0.717, 1.165) is 0 Å². The molecule has 0 aromatic carbocycles. The maximum atomic E-state index is 13.1. The van der Waals surface area contributed by atoms with Gasteiger partial charge in [-0.3, -0.25) is 19.1 Å². The zero-order valence-electron chi connectivity index (χ0n) is 15.8. The fourth-order valence-corrected chi connectivity index (χ4v) is 2.89. The van der Waals surface area contributed by atoms with Crippen molar-refractivity contribution in [2.75, 3.05) is 17.2 Å². The van der Waals surface area contributed by atoms with Gasteiger partial charge in [-0.2, -0.15) is 0 Å². The zero-order valence-corrected chi connectivity index (χ0v) is 16.6. The van der Waals surface area contributed by atoms with E-state index in [1.807, 2.05) is 27.7 Å². The molecular formula is C18H24ClN5O3. The number of pyridine rings is 1. The van der Waals surface area contributed by atoms with Crippen LogP contribution in [0.4, 0.5) is 11.5 Å². The van der Waals surface area contributed by atoms with Crippen LogP contribution in [0, 0.1) is 11.8 Å². The van der Waals surface area contributed by atoms with Gasteiger partial charge in [-0.05, 0) is 24.0 Å². The molecule has 0 saturated heterocycles. The molecule has 0 radical (unpaired) electrons. The van der Waals surface area contributed by atoms with Crippen molar-refractivity contribution in [3.05, 3.63) is 49.9 Å². The summed E-state index contributed by atoms with van der Waals surface area (Å²) in [4.78, 5) is 45.2. The lowest BCUT2D eigenvalue weighted by molar-refractivity contribution is 0.0983. The Morgan fingerprint density at radius 1 is 1.30 bits per heavy atom. The van der Waals surface area contributed by atoms with E-state index in [1.165, 1.54) is 27.8 Å². The lowest BCUT2D eigenvalue weighted by atomic mass is 10.1. The Hall–Kier alpha value is -2.61. The van der Waals surface area contributed by atoms with Gasteiger partial charge in [0, 0.05) is 24.8 Å². The van der Waals surface area contributed by atoms with Crippen molar-refractivity contribution in [2.24, 2.45) is 11.8 Å². The van der Waals surface area contributed by atoms with Gasteiger partial charge < -0.3 is 10.6 Å². The van der Waals surface area contributed by atoms with E-state index in [-0.39, 0.29) is 40.6 Å². The smallest absolute Gasteiger partial charge is 0.330 e. The van der Waals surface area contributed by atoms with Gasteiger partial charge in [0.2, 0.25) is 0 Å². The summed E-state index contributed by atoms with van der Waals surface area (Å²) in [6.07, 6.45) is 1.41. The molecule has 9 heteroatoms. The predicted molar refractivity (Wildman–Crippen MR) is 106 cm³/mol. The number of halogens is 1. The Labute approximate surface area is 162 Å². The first-order valence-electron chi connectivity index (χ1n) is 8.67. The van der Waals surface area contributed by atoms with Crippen LogP contribution in [0.15, 0.2) is 27.9 Å². The molecule has 1 amide bonds. The maximum Gasteiger partial charge on any atom is 0.330 e. The standard InChI is InChI=1S/C18H24ClN5O3/c1-10(2)8-23(17(26)12-5-6-21-13(19)7-12)14-15(20)24(9-11(3)4)18(27)22-16(14)25/h5-7,10-11H,8-9,20H2,1-4H3,(H,22,25,27). The molecule has 0 aliphatic carbocycles. The largest absolute Gasteiger partial charge is 0.383 e. The molecular weight excluding hydrogens is 370 g/mol. The Morgan fingerprint density at radius 2 is 1.96 bits per heavy atom. The fraction of sp³-hybridized carbons (Fsp3) is 0.444. The molecule has 0 aliphatic rings. The molecule has 0 aliphatic heterocycles. The third-order valence-corrected chi connectivity index (χ3v) is 4.00. The first-order chi connectivity index (χ1) is 12.6. The second kappa shape index (κ2) is 8.39. The number of nitrogens with one attached hydrogen (secondary N) is 1. The summed E-state index contributed by atoms with van der Waals surface area (Å²) in [5.74, 6) is -0.306. The molecule has 0 saturated carbocycles. The average molecular weight is 394 g/mol. The minimum atomic E-state index is -0.702. The molecule has 2 heterocycles. The lowest BCUT2D eigenvalue weighted by Gasteiger charge is -2.26. The highest BCUT2D eigenvalue weighted by Crippen LogP contribution is 2.22. The number of carbonyl (C=O) groups is 1. The quantitative estimate of drug-likeness (QED) is 0.729. The van der Waals surface area contributed by atoms with E-state index in [0.29, 0.717) is 6.54 Å². The number of carbonyl (C=O) groups excluding carboxylic acids is 1. The van der Waals surface area contributed by atoms with Crippen LogP contribution in [0.3, 0.4) is 0 Å². The van der Waals surface area contributed by atoms with Crippen LogP contribution < -0.4 is 21.9 Å². The van der Waals surface area contributed by atoms with Gasteiger partial charge >= 0.3 is 5.69 Å². The summed E-state index contributed by atoms with van der Waals surface area (Å²) in [5.41, 5.74) is 5.10. The van der Waals surface area contributed by atoms with Crippen LogP contribution in [0.2, 0.25) is 5.15 Å². The summed E-state index contributed by atoms with van der Waals surface area (Å²) in [5, 5.41) is 0.164. The molecule has 2 aromatic heterocycles. The normalized spacial score (nSPS) is 11.2. The number of rotatable bonds is 6. The monoisotopic (exact) mass is 393 g/mol. The summed E-state index contributed by atoms with van der Waals surface area (Å²) in [6, 6.07) is 2.93. The highest BCUT2D eigenvalue weighted by atomic mass is 35.5. The van der Waals surface area contributed by atoms with Crippen molar-refractivity contribution in [1.82, 2.24) is 14.5 Å². The number of aromatic amines is 1. The molecule has 27 heavy (non-hydrogen) atoms. The fourth-order valence-electron chi connectivity index (χ4n) is 2.72. The molecule has 146 valence electrons. The van der Waals surface area contributed by atoms with Crippen molar-refractivity contribution in [3.63, 3.8) is 0 Å². The number of aromatic nitrogens is 3. The second-order valence-corrected chi connectivity index (χ2v) is 7.56. The van der Waals surface area contributed by atoms with Crippen LogP contribution in [-0.2, 0) is 6.54 Å². The molecule has 2 rings (SSSR count). The first kappa shape index (κ1) is 20.7. The molecule has 8 nitrogen and oxygen atoms in total. The number of hydrogen-bond donors (Lipinski definition) is 2. The van der Waals surface area contributed by atoms with Crippen LogP contribution in [-0.4, -0.2) is 27.0 Å². The van der Waals surface area contributed by atoms with Crippen molar-refractivity contribution < 1.29 is 4.79 Å². The first-order valence-corrected chi connectivity index (χ1v) is 9.05. The van der Waals surface area contributed by atoms with Gasteiger partial charge in [-0.15, -0.1) is 0 Å². The van der Waals surface area contributed by atoms with Crippen molar-refractivity contribution in [3.8, 4) is 0 Å². The number of nitrogens with zero attached hydrogens (tertiary/aromatic N) is 3. The van der Waals surface area contributed by atoms with Crippen LogP contribution in [0.1, 0.15) is 38.1 Å². The van der Waals surface area contributed by atoms with E-state index in [9.17, 15) is 14.4 Å². The highest BCUT2D eigenvalue weighted by Gasteiger charge is 2.26.